The van der Waals surface area contributed by atoms with E-state index in [2.05, 4.69) is 60.1 Å². The van der Waals surface area contributed by atoms with Gasteiger partial charge in [-0.3, -0.25) is 15.1 Å². The molecule has 1 aliphatic heterocycles. The highest BCUT2D eigenvalue weighted by Crippen LogP contribution is 2.33. The van der Waals surface area contributed by atoms with Crippen molar-refractivity contribution < 1.29 is 4.74 Å². The van der Waals surface area contributed by atoms with Crippen LogP contribution in [0.5, 0.6) is 5.75 Å². The first-order chi connectivity index (χ1) is 17.8. The lowest BCUT2D eigenvalue weighted by Gasteiger charge is -2.23. The van der Waals surface area contributed by atoms with Crippen LogP contribution in [0.15, 0.2) is 65.7 Å². The fraction of sp³-hybridized carbons (Fsp3) is 0.185. The van der Waals surface area contributed by atoms with Crippen molar-refractivity contribution in [3.8, 4) is 39.7 Å². The molecule has 0 saturated carbocycles. The zero-order valence-electron chi connectivity index (χ0n) is 19.4. The topological polar surface area (TPSA) is 104 Å². The first-order valence-electron chi connectivity index (χ1n) is 12.0. The van der Waals surface area contributed by atoms with E-state index in [-0.39, 0.29) is 6.10 Å². The average Bonchev–Trinajstić information content (AvgIpc) is 3.68. The number of aromatic amines is 2. The summed E-state index contributed by atoms with van der Waals surface area (Å²) in [6, 6.07) is 12.3. The van der Waals surface area contributed by atoms with Crippen LogP contribution < -0.4 is 10.1 Å². The largest absolute Gasteiger partial charge is 0.489 e. The lowest BCUT2D eigenvalue weighted by molar-refractivity contribution is 0.162. The number of ether oxygens (including phenoxy) is 1. The third-order valence-electron chi connectivity index (χ3n) is 6.62. The lowest BCUT2D eigenvalue weighted by Crippen LogP contribution is -2.34. The summed E-state index contributed by atoms with van der Waals surface area (Å²) < 4.78 is 6.22. The molecule has 7 rings (SSSR count). The maximum absolute atomic E-state index is 6.22. The zero-order chi connectivity index (χ0) is 23.9. The number of fused-ring (bicyclic) bond motifs is 2. The van der Waals surface area contributed by atoms with E-state index in [1.807, 2.05) is 29.9 Å². The summed E-state index contributed by atoms with van der Waals surface area (Å²) in [6.45, 7) is 1.98. The van der Waals surface area contributed by atoms with Crippen molar-refractivity contribution in [2.24, 2.45) is 0 Å². The molecule has 178 valence electrons. The molecular formula is C27H23N7OS. The highest BCUT2D eigenvalue weighted by atomic mass is 32.1. The van der Waals surface area contributed by atoms with Gasteiger partial charge in [-0.15, -0.1) is 0 Å². The number of nitrogens with one attached hydrogen (secondary N) is 3. The minimum atomic E-state index is 0.229. The molecule has 1 fully saturated rings. The van der Waals surface area contributed by atoms with E-state index in [1.165, 1.54) is 0 Å². The van der Waals surface area contributed by atoms with Gasteiger partial charge in [0, 0.05) is 34.3 Å². The normalized spacial score (nSPS) is 14.6. The van der Waals surface area contributed by atoms with E-state index >= 15 is 0 Å². The van der Waals surface area contributed by atoms with Crippen molar-refractivity contribution in [1.29, 1.82) is 0 Å². The van der Waals surface area contributed by atoms with Crippen molar-refractivity contribution in [2.75, 3.05) is 13.1 Å². The van der Waals surface area contributed by atoms with E-state index in [9.17, 15) is 0 Å². The predicted molar refractivity (Wildman–Crippen MR) is 142 cm³/mol. The summed E-state index contributed by atoms with van der Waals surface area (Å²) in [5, 5.41) is 16.2. The summed E-state index contributed by atoms with van der Waals surface area (Å²) in [5.74, 6) is 1.51. The molecule has 0 atom stereocenters. The van der Waals surface area contributed by atoms with Gasteiger partial charge in [-0.2, -0.15) is 16.4 Å². The second-order valence-electron chi connectivity index (χ2n) is 8.96. The van der Waals surface area contributed by atoms with Crippen molar-refractivity contribution in [3.05, 3.63) is 65.7 Å². The summed E-state index contributed by atoms with van der Waals surface area (Å²) in [5.41, 5.74) is 7.47. The van der Waals surface area contributed by atoms with Gasteiger partial charge in [0.05, 0.1) is 22.9 Å². The molecule has 3 N–H and O–H groups in total. The highest BCUT2D eigenvalue weighted by molar-refractivity contribution is 7.08. The maximum Gasteiger partial charge on any atom is 0.159 e. The second kappa shape index (κ2) is 8.85. The number of nitrogens with zero attached hydrogens (tertiary/aromatic N) is 4. The summed E-state index contributed by atoms with van der Waals surface area (Å²) >= 11 is 1.65. The van der Waals surface area contributed by atoms with Crippen LogP contribution in [-0.2, 0) is 0 Å². The van der Waals surface area contributed by atoms with Gasteiger partial charge in [0.1, 0.15) is 23.1 Å². The number of benzene rings is 1. The second-order valence-corrected chi connectivity index (χ2v) is 9.74. The van der Waals surface area contributed by atoms with E-state index in [1.54, 1.807) is 17.5 Å². The molecule has 1 aliphatic rings. The SMILES string of the molecule is c1cc2[nH]c(-c3n[nH]c4ccc(-c5cncc(OC6CCNCC6)c5)cc34)nc2c(-c2ccsc2)n1. The van der Waals surface area contributed by atoms with Gasteiger partial charge in [0.2, 0.25) is 0 Å². The Morgan fingerprint density at radius 1 is 0.917 bits per heavy atom. The lowest BCUT2D eigenvalue weighted by atomic mass is 10.0. The fourth-order valence-electron chi connectivity index (χ4n) is 4.78. The van der Waals surface area contributed by atoms with Gasteiger partial charge in [-0.05, 0) is 67.2 Å². The van der Waals surface area contributed by atoms with Crippen LogP contribution in [0.3, 0.4) is 0 Å². The molecule has 0 spiro atoms. The third-order valence-corrected chi connectivity index (χ3v) is 7.30. The van der Waals surface area contributed by atoms with Crippen LogP contribution in [0.1, 0.15) is 12.8 Å². The molecule has 0 unspecified atom stereocenters. The van der Waals surface area contributed by atoms with Gasteiger partial charge < -0.3 is 15.0 Å². The molecule has 0 amide bonds. The van der Waals surface area contributed by atoms with Gasteiger partial charge in [-0.1, -0.05) is 6.07 Å². The smallest absolute Gasteiger partial charge is 0.159 e. The highest BCUT2D eigenvalue weighted by Gasteiger charge is 2.18. The average molecular weight is 494 g/mol. The number of imidazole rings is 1. The number of hydrogen-bond acceptors (Lipinski definition) is 7. The predicted octanol–water partition coefficient (Wildman–Crippen LogP) is 5.42. The Morgan fingerprint density at radius 2 is 1.86 bits per heavy atom. The van der Waals surface area contributed by atoms with Gasteiger partial charge in [-0.25, -0.2) is 4.98 Å². The van der Waals surface area contributed by atoms with Crippen LogP contribution in [-0.4, -0.2) is 49.3 Å². The van der Waals surface area contributed by atoms with Crippen LogP contribution in [0.25, 0.3) is 55.8 Å². The van der Waals surface area contributed by atoms with Crippen LogP contribution in [0, 0.1) is 0 Å². The Hall–Kier alpha value is -4.08. The Balaban J connectivity index is 1.26. The third kappa shape index (κ3) is 3.82. The quantitative estimate of drug-likeness (QED) is 0.296. The number of hydrogen-bond donors (Lipinski definition) is 3. The monoisotopic (exact) mass is 493 g/mol. The Labute approximate surface area is 210 Å². The van der Waals surface area contributed by atoms with Crippen LogP contribution in [0.2, 0.25) is 0 Å². The summed E-state index contributed by atoms with van der Waals surface area (Å²) in [6.07, 6.45) is 7.72. The number of pyridine rings is 2. The number of H-pyrrole nitrogens is 2. The number of rotatable bonds is 5. The Kier molecular flexibility index (Phi) is 5.22. The molecule has 6 heterocycles. The van der Waals surface area contributed by atoms with Gasteiger partial charge in [0.25, 0.3) is 0 Å². The van der Waals surface area contributed by atoms with E-state index < -0.39 is 0 Å². The molecule has 36 heavy (non-hydrogen) atoms. The van der Waals surface area contributed by atoms with Crippen molar-refractivity contribution >= 4 is 33.3 Å². The molecule has 0 aliphatic carbocycles. The Morgan fingerprint density at radius 3 is 2.75 bits per heavy atom. The molecule has 0 radical (unpaired) electrons. The van der Waals surface area contributed by atoms with E-state index in [4.69, 9.17) is 9.72 Å². The Bertz CT molecular complexity index is 1660. The minimum Gasteiger partial charge on any atom is -0.489 e. The van der Waals surface area contributed by atoms with Crippen molar-refractivity contribution in [1.82, 2.24) is 35.5 Å². The van der Waals surface area contributed by atoms with Gasteiger partial charge >= 0.3 is 0 Å². The molecule has 1 saturated heterocycles. The first kappa shape index (κ1) is 21.2. The van der Waals surface area contributed by atoms with Crippen LogP contribution >= 0.6 is 11.3 Å². The molecule has 9 heteroatoms. The molecule has 0 bridgehead atoms. The number of thiophene rings is 1. The number of piperidine rings is 1. The van der Waals surface area contributed by atoms with E-state index in [0.717, 1.165) is 81.7 Å². The number of aromatic nitrogens is 6. The van der Waals surface area contributed by atoms with E-state index in [0.29, 0.717) is 5.82 Å². The molecule has 6 aromatic rings. The summed E-state index contributed by atoms with van der Waals surface area (Å²) in [7, 11) is 0. The zero-order valence-corrected chi connectivity index (χ0v) is 20.2. The summed E-state index contributed by atoms with van der Waals surface area (Å²) in [4.78, 5) is 17.4. The maximum atomic E-state index is 6.22. The molecule has 1 aromatic carbocycles. The van der Waals surface area contributed by atoms with Crippen molar-refractivity contribution in [2.45, 2.75) is 18.9 Å². The molecular weight excluding hydrogens is 470 g/mol. The van der Waals surface area contributed by atoms with Crippen molar-refractivity contribution in [3.63, 3.8) is 0 Å². The first-order valence-corrected chi connectivity index (χ1v) is 12.9. The fourth-order valence-corrected chi connectivity index (χ4v) is 5.42. The molecule has 8 nitrogen and oxygen atoms in total. The standard InChI is InChI=1S/C27H23N7OS/c1-2-22-21(12-16(1)18-11-20(14-29-13-18)35-19-3-7-28-8-4-19)25(34-33-22)27-31-23-5-9-30-24(26(23)32-27)17-6-10-36-15-17/h1-2,5-6,9-15,19,28H,3-4,7-8H2,(H,31,32)(H,33,34). The minimum absolute atomic E-state index is 0.229. The van der Waals surface area contributed by atoms with Gasteiger partial charge in [0.15, 0.2) is 5.82 Å². The molecule has 5 aromatic heterocycles. The van der Waals surface area contributed by atoms with Crippen LogP contribution in [0.4, 0.5) is 0 Å².